The van der Waals surface area contributed by atoms with E-state index in [-0.39, 0.29) is 0 Å². The average molecular weight is 234 g/mol. The minimum atomic E-state index is 0.608. The Hall–Kier alpha value is -1.48. The fraction of sp³-hybridized carbons (Fsp3) is 0.250. The van der Waals surface area contributed by atoms with Crippen molar-refractivity contribution in [1.82, 2.24) is 9.78 Å². The van der Waals surface area contributed by atoms with Crippen molar-refractivity contribution in [3.63, 3.8) is 0 Å². The summed E-state index contributed by atoms with van der Waals surface area (Å²) in [4.78, 5) is 0. The molecule has 1 saturated carbocycles. The van der Waals surface area contributed by atoms with E-state index in [1.807, 2.05) is 30.5 Å². The van der Waals surface area contributed by atoms with Gasteiger partial charge in [-0.05, 0) is 30.9 Å². The highest BCUT2D eigenvalue weighted by atomic mass is 35.5. The molecule has 16 heavy (non-hydrogen) atoms. The first-order chi connectivity index (χ1) is 7.77. The second-order valence-electron chi connectivity index (χ2n) is 4.12. The maximum absolute atomic E-state index is 6.12. The number of hydrogen-bond acceptors (Lipinski definition) is 2. The van der Waals surface area contributed by atoms with Crippen molar-refractivity contribution in [3.8, 4) is 5.69 Å². The lowest BCUT2D eigenvalue weighted by Crippen LogP contribution is -2.03. The van der Waals surface area contributed by atoms with Gasteiger partial charge in [0.15, 0.2) is 0 Å². The van der Waals surface area contributed by atoms with Gasteiger partial charge in [0, 0.05) is 5.56 Å². The maximum atomic E-state index is 6.12. The van der Waals surface area contributed by atoms with E-state index in [9.17, 15) is 0 Å². The number of halogens is 1. The Morgan fingerprint density at radius 3 is 2.75 bits per heavy atom. The van der Waals surface area contributed by atoms with Crippen LogP contribution < -0.4 is 5.73 Å². The molecule has 1 heterocycles. The van der Waals surface area contributed by atoms with Gasteiger partial charge < -0.3 is 5.73 Å². The summed E-state index contributed by atoms with van der Waals surface area (Å²) in [7, 11) is 0. The van der Waals surface area contributed by atoms with Gasteiger partial charge >= 0.3 is 0 Å². The highest BCUT2D eigenvalue weighted by Crippen LogP contribution is 2.43. The molecule has 0 amide bonds. The van der Waals surface area contributed by atoms with E-state index in [4.69, 9.17) is 17.3 Å². The molecule has 0 unspecified atom stereocenters. The van der Waals surface area contributed by atoms with Gasteiger partial charge in [-0.1, -0.05) is 23.7 Å². The normalized spacial score (nSPS) is 15.3. The summed E-state index contributed by atoms with van der Waals surface area (Å²) in [6.45, 7) is 0. The van der Waals surface area contributed by atoms with Gasteiger partial charge in [-0.15, -0.1) is 0 Å². The molecule has 4 heteroatoms. The minimum Gasteiger partial charge on any atom is -0.383 e. The fourth-order valence-electron chi connectivity index (χ4n) is 1.89. The van der Waals surface area contributed by atoms with Gasteiger partial charge in [0.2, 0.25) is 0 Å². The third-order valence-corrected chi connectivity index (χ3v) is 3.25. The van der Waals surface area contributed by atoms with Crippen molar-refractivity contribution in [2.24, 2.45) is 0 Å². The summed E-state index contributed by atoms with van der Waals surface area (Å²) >= 11 is 6.12. The zero-order valence-corrected chi connectivity index (χ0v) is 9.48. The van der Waals surface area contributed by atoms with Crippen LogP contribution in [-0.2, 0) is 0 Å². The van der Waals surface area contributed by atoms with E-state index in [1.54, 1.807) is 4.68 Å². The van der Waals surface area contributed by atoms with Crippen molar-refractivity contribution in [2.75, 3.05) is 5.73 Å². The first-order valence-electron chi connectivity index (χ1n) is 5.35. The lowest BCUT2D eigenvalue weighted by Gasteiger charge is -2.06. The van der Waals surface area contributed by atoms with Crippen LogP contribution in [0.15, 0.2) is 30.5 Å². The zero-order valence-electron chi connectivity index (χ0n) is 8.73. The molecule has 1 aliphatic carbocycles. The molecule has 3 nitrogen and oxygen atoms in total. The first kappa shape index (κ1) is 9.73. The van der Waals surface area contributed by atoms with Gasteiger partial charge in [0.25, 0.3) is 0 Å². The predicted octanol–water partition coefficient (Wildman–Crippen LogP) is 2.99. The summed E-state index contributed by atoms with van der Waals surface area (Å²) in [5.74, 6) is 1.33. The second kappa shape index (κ2) is 3.52. The molecule has 3 rings (SSSR count). The monoisotopic (exact) mass is 233 g/mol. The third kappa shape index (κ3) is 1.48. The molecule has 0 saturated heterocycles. The minimum absolute atomic E-state index is 0.608. The molecule has 2 N–H and O–H groups in total. The zero-order chi connectivity index (χ0) is 11.1. The first-order valence-corrected chi connectivity index (χ1v) is 5.73. The number of nitrogens with two attached hydrogens (primary N) is 1. The number of nitrogens with zero attached hydrogens (tertiary/aromatic N) is 2. The molecule has 1 aliphatic rings. The van der Waals surface area contributed by atoms with E-state index in [2.05, 4.69) is 5.10 Å². The Morgan fingerprint density at radius 2 is 2.06 bits per heavy atom. The van der Waals surface area contributed by atoms with Crippen LogP contribution in [0.1, 0.15) is 24.3 Å². The molecular formula is C12H12ClN3. The van der Waals surface area contributed by atoms with E-state index in [1.165, 1.54) is 12.8 Å². The van der Waals surface area contributed by atoms with E-state index in [0.717, 1.165) is 17.1 Å². The van der Waals surface area contributed by atoms with E-state index >= 15 is 0 Å². The maximum Gasteiger partial charge on any atom is 0.130 e. The standard InChI is InChI=1S/C12H12ClN3/c13-10-3-1-2-4-11(10)16-12(14)9(7-15-16)8-5-6-8/h1-4,7-8H,5-6,14H2. The van der Waals surface area contributed by atoms with Crippen molar-refractivity contribution < 1.29 is 0 Å². The highest BCUT2D eigenvalue weighted by molar-refractivity contribution is 6.32. The molecule has 2 aromatic rings. The Kier molecular flexibility index (Phi) is 2.14. The van der Waals surface area contributed by atoms with Crippen LogP contribution in [0.3, 0.4) is 0 Å². The molecule has 82 valence electrons. The summed E-state index contributed by atoms with van der Waals surface area (Å²) in [5, 5.41) is 4.98. The largest absolute Gasteiger partial charge is 0.383 e. The summed E-state index contributed by atoms with van der Waals surface area (Å²) in [6.07, 6.45) is 4.30. The highest BCUT2D eigenvalue weighted by Gasteiger charge is 2.28. The average Bonchev–Trinajstić information content (AvgIpc) is 3.05. The molecular weight excluding hydrogens is 222 g/mol. The van der Waals surface area contributed by atoms with Crippen molar-refractivity contribution >= 4 is 17.4 Å². The van der Waals surface area contributed by atoms with Gasteiger partial charge in [-0.25, -0.2) is 4.68 Å². The van der Waals surface area contributed by atoms with E-state index < -0.39 is 0 Å². The second-order valence-corrected chi connectivity index (χ2v) is 4.53. The Labute approximate surface area is 98.8 Å². The molecule has 0 aliphatic heterocycles. The summed E-state index contributed by atoms with van der Waals surface area (Å²) in [6, 6.07) is 7.59. The van der Waals surface area contributed by atoms with Crippen LogP contribution in [0, 0.1) is 0 Å². The predicted molar refractivity (Wildman–Crippen MR) is 65.0 cm³/mol. The van der Waals surface area contributed by atoms with Gasteiger partial charge in [-0.2, -0.15) is 5.10 Å². The Balaban J connectivity index is 2.10. The van der Waals surface area contributed by atoms with Gasteiger partial charge in [0.05, 0.1) is 16.9 Å². The quantitative estimate of drug-likeness (QED) is 0.867. The number of nitrogen functional groups attached to an aromatic ring is 1. The number of rotatable bonds is 2. The number of anilines is 1. The summed E-state index contributed by atoms with van der Waals surface area (Å²) < 4.78 is 1.72. The number of aromatic nitrogens is 2. The van der Waals surface area contributed by atoms with Crippen LogP contribution in [0.4, 0.5) is 5.82 Å². The van der Waals surface area contributed by atoms with Crippen LogP contribution in [-0.4, -0.2) is 9.78 Å². The third-order valence-electron chi connectivity index (χ3n) is 2.93. The number of hydrogen-bond donors (Lipinski definition) is 1. The molecule has 1 fully saturated rings. The topological polar surface area (TPSA) is 43.8 Å². The fourth-order valence-corrected chi connectivity index (χ4v) is 2.11. The van der Waals surface area contributed by atoms with Gasteiger partial charge in [0.1, 0.15) is 5.82 Å². The molecule has 0 bridgehead atoms. The van der Waals surface area contributed by atoms with Crippen molar-refractivity contribution in [3.05, 3.63) is 41.0 Å². The molecule has 0 radical (unpaired) electrons. The molecule has 1 aromatic heterocycles. The van der Waals surface area contributed by atoms with Gasteiger partial charge in [-0.3, -0.25) is 0 Å². The van der Waals surface area contributed by atoms with Crippen LogP contribution in [0.25, 0.3) is 5.69 Å². The van der Waals surface area contributed by atoms with E-state index in [0.29, 0.717) is 10.9 Å². The SMILES string of the molecule is Nc1c(C2CC2)cnn1-c1ccccc1Cl. The lowest BCUT2D eigenvalue weighted by molar-refractivity contribution is 0.891. The van der Waals surface area contributed by atoms with Crippen molar-refractivity contribution in [1.29, 1.82) is 0 Å². The summed E-state index contributed by atoms with van der Waals surface area (Å²) in [5.41, 5.74) is 8.08. The van der Waals surface area contributed by atoms with Crippen LogP contribution in [0.2, 0.25) is 5.02 Å². The molecule has 0 spiro atoms. The van der Waals surface area contributed by atoms with Crippen LogP contribution in [0.5, 0.6) is 0 Å². The number of benzene rings is 1. The molecule has 0 atom stereocenters. The number of para-hydroxylation sites is 1. The van der Waals surface area contributed by atoms with Crippen molar-refractivity contribution in [2.45, 2.75) is 18.8 Å². The lowest BCUT2D eigenvalue weighted by atomic mass is 10.2. The van der Waals surface area contributed by atoms with Crippen LogP contribution >= 0.6 is 11.6 Å². The Bertz CT molecular complexity index is 529. The Morgan fingerprint density at radius 1 is 1.31 bits per heavy atom. The molecule has 1 aromatic carbocycles. The smallest absolute Gasteiger partial charge is 0.130 e.